The summed E-state index contributed by atoms with van der Waals surface area (Å²) in [6, 6.07) is 9.32. The van der Waals surface area contributed by atoms with E-state index in [0.717, 1.165) is 22.6 Å². The minimum absolute atomic E-state index is 0.0603. The molecule has 0 unspecified atom stereocenters. The van der Waals surface area contributed by atoms with Crippen molar-refractivity contribution in [2.24, 2.45) is 0 Å². The first-order valence-electron chi connectivity index (χ1n) is 7.93. The summed E-state index contributed by atoms with van der Waals surface area (Å²) in [7, 11) is -0.121. The van der Waals surface area contributed by atoms with Crippen molar-refractivity contribution in [3.05, 3.63) is 24.3 Å². The lowest BCUT2D eigenvalue weighted by Crippen LogP contribution is -2.30. The van der Waals surface area contributed by atoms with Crippen molar-refractivity contribution in [1.82, 2.24) is 0 Å². The molecule has 0 aliphatic carbocycles. The largest absolute Gasteiger partial charge is 0.0694 e. The third-order valence-electron chi connectivity index (χ3n) is 3.66. The van der Waals surface area contributed by atoms with E-state index in [9.17, 15) is 0 Å². The van der Waals surface area contributed by atoms with E-state index in [4.69, 9.17) is 0 Å². The summed E-state index contributed by atoms with van der Waals surface area (Å²) >= 11 is 0. The molecule has 2 heteroatoms. The van der Waals surface area contributed by atoms with E-state index in [-0.39, 0.29) is 15.8 Å². The molecule has 1 aromatic carbocycles. The summed E-state index contributed by atoms with van der Waals surface area (Å²) in [5, 5.41) is 3.36. The van der Waals surface area contributed by atoms with Gasteiger partial charge in [-0.05, 0) is 33.2 Å². The highest BCUT2D eigenvalue weighted by Crippen LogP contribution is 2.50. The fraction of sp³-hybridized carbons (Fsp3) is 0.667. The molecular weight excluding hydrogens is 278 g/mol. The molecule has 0 fully saturated rings. The van der Waals surface area contributed by atoms with Crippen LogP contribution < -0.4 is 10.6 Å². The van der Waals surface area contributed by atoms with Gasteiger partial charge in [-0.15, -0.1) is 0 Å². The fourth-order valence-corrected chi connectivity index (χ4v) is 9.70. The van der Waals surface area contributed by atoms with Gasteiger partial charge in [0, 0.05) is 0 Å². The Bertz CT molecular complexity index is 353. The molecule has 0 saturated carbocycles. The van der Waals surface area contributed by atoms with Crippen LogP contribution in [-0.4, -0.2) is 22.6 Å². The molecule has 0 aliphatic rings. The SMILES string of the molecule is CC(C)P(c1ccccc1P(C(C)C)C(C)C)C(C)C. The quantitative estimate of drug-likeness (QED) is 0.606. The highest BCUT2D eigenvalue weighted by atomic mass is 31.1. The van der Waals surface area contributed by atoms with E-state index in [2.05, 4.69) is 79.7 Å². The Hall–Kier alpha value is 0.0800. The molecule has 0 atom stereocenters. The zero-order chi connectivity index (χ0) is 15.4. The predicted molar refractivity (Wildman–Crippen MR) is 100 cm³/mol. The minimum atomic E-state index is -0.0603. The van der Waals surface area contributed by atoms with Gasteiger partial charge in [0.25, 0.3) is 0 Å². The highest BCUT2D eigenvalue weighted by molar-refractivity contribution is 7.73. The topological polar surface area (TPSA) is 0 Å². The van der Waals surface area contributed by atoms with Crippen LogP contribution in [0.3, 0.4) is 0 Å². The fourth-order valence-electron chi connectivity index (χ4n) is 3.21. The second-order valence-corrected chi connectivity index (χ2v) is 13.4. The van der Waals surface area contributed by atoms with Crippen LogP contribution in [0.25, 0.3) is 0 Å². The van der Waals surface area contributed by atoms with Gasteiger partial charge in [-0.2, -0.15) is 0 Å². The number of hydrogen-bond donors (Lipinski definition) is 0. The van der Waals surface area contributed by atoms with Crippen molar-refractivity contribution in [2.45, 2.75) is 78.0 Å². The average molecular weight is 310 g/mol. The summed E-state index contributed by atoms with van der Waals surface area (Å²) in [6.45, 7) is 19.2. The van der Waals surface area contributed by atoms with Crippen LogP contribution in [0, 0.1) is 0 Å². The first-order valence-corrected chi connectivity index (χ1v) is 10.9. The molecule has 0 aromatic heterocycles. The van der Waals surface area contributed by atoms with Crippen LogP contribution in [0.2, 0.25) is 0 Å². The summed E-state index contributed by atoms with van der Waals surface area (Å²) in [5.74, 6) is 0. The lowest BCUT2D eigenvalue weighted by molar-refractivity contribution is 1.02. The van der Waals surface area contributed by atoms with Crippen molar-refractivity contribution in [3.63, 3.8) is 0 Å². The Morgan fingerprint density at radius 2 is 0.800 bits per heavy atom. The molecule has 114 valence electrons. The van der Waals surface area contributed by atoms with Crippen molar-refractivity contribution < 1.29 is 0 Å². The van der Waals surface area contributed by atoms with Crippen LogP contribution in [0.4, 0.5) is 0 Å². The molecule has 20 heavy (non-hydrogen) atoms. The van der Waals surface area contributed by atoms with Crippen LogP contribution in [0.1, 0.15) is 55.4 Å². The molecular formula is C18H32P2. The lowest BCUT2D eigenvalue weighted by Gasteiger charge is -2.34. The van der Waals surface area contributed by atoms with Gasteiger partial charge in [0.05, 0.1) is 0 Å². The third kappa shape index (κ3) is 4.29. The number of benzene rings is 1. The van der Waals surface area contributed by atoms with E-state index in [1.165, 1.54) is 0 Å². The summed E-state index contributed by atoms with van der Waals surface area (Å²) in [6.07, 6.45) is 0. The van der Waals surface area contributed by atoms with Crippen molar-refractivity contribution >= 4 is 26.5 Å². The van der Waals surface area contributed by atoms with Gasteiger partial charge < -0.3 is 0 Å². The highest BCUT2D eigenvalue weighted by Gasteiger charge is 2.27. The molecule has 1 rings (SSSR count). The summed E-state index contributed by atoms with van der Waals surface area (Å²) in [5.41, 5.74) is 3.06. The maximum Gasteiger partial charge on any atom is -0.0159 e. The standard InChI is InChI=1S/C18H32P2/c1-13(2)19(14(3)4)17-11-9-10-12-18(17)20(15(5)6)16(7)8/h9-16H,1-8H3. The zero-order valence-electron chi connectivity index (χ0n) is 14.5. The molecule has 0 saturated heterocycles. The van der Waals surface area contributed by atoms with Gasteiger partial charge in [0.1, 0.15) is 0 Å². The maximum atomic E-state index is 2.42. The molecule has 0 heterocycles. The van der Waals surface area contributed by atoms with Crippen molar-refractivity contribution in [3.8, 4) is 0 Å². The van der Waals surface area contributed by atoms with E-state index >= 15 is 0 Å². The minimum Gasteiger partial charge on any atom is -0.0694 e. The monoisotopic (exact) mass is 310 g/mol. The Morgan fingerprint density at radius 3 is 1.00 bits per heavy atom. The molecule has 1 aromatic rings. The Balaban J connectivity index is 3.34. The molecule has 0 N–H and O–H groups in total. The summed E-state index contributed by atoms with van der Waals surface area (Å²) in [4.78, 5) is 0. The molecule has 0 nitrogen and oxygen atoms in total. The molecule has 0 amide bonds. The Kier molecular flexibility index (Phi) is 7.17. The predicted octanol–water partition coefficient (Wildman–Crippen LogP) is 5.53. The van der Waals surface area contributed by atoms with E-state index in [1.807, 2.05) is 0 Å². The maximum absolute atomic E-state index is 2.42. The van der Waals surface area contributed by atoms with Gasteiger partial charge in [-0.3, -0.25) is 0 Å². The van der Waals surface area contributed by atoms with Gasteiger partial charge in [0.2, 0.25) is 0 Å². The molecule has 0 radical (unpaired) electrons. The van der Waals surface area contributed by atoms with Gasteiger partial charge >= 0.3 is 0 Å². The second-order valence-electron chi connectivity index (χ2n) is 6.68. The normalized spacial score (nSPS) is 12.7. The number of rotatable bonds is 6. The first-order chi connectivity index (χ1) is 9.27. The van der Waals surface area contributed by atoms with Crippen LogP contribution in [-0.2, 0) is 0 Å². The lowest BCUT2D eigenvalue weighted by atomic mass is 10.4. The van der Waals surface area contributed by atoms with Gasteiger partial charge in [-0.1, -0.05) is 95.5 Å². The van der Waals surface area contributed by atoms with Crippen molar-refractivity contribution in [2.75, 3.05) is 0 Å². The Labute approximate surface area is 129 Å². The van der Waals surface area contributed by atoms with Gasteiger partial charge in [0.15, 0.2) is 0 Å². The van der Waals surface area contributed by atoms with Crippen molar-refractivity contribution in [1.29, 1.82) is 0 Å². The number of hydrogen-bond acceptors (Lipinski definition) is 0. The molecule has 0 spiro atoms. The van der Waals surface area contributed by atoms with Crippen LogP contribution in [0.5, 0.6) is 0 Å². The second kappa shape index (κ2) is 7.91. The molecule has 0 aliphatic heterocycles. The van der Waals surface area contributed by atoms with Crippen LogP contribution >= 0.6 is 15.8 Å². The molecule has 0 bridgehead atoms. The van der Waals surface area contributed by atoms with E-state index < -0.39 is 0 Å². The van der Waals surface area contributed by atoms with Gasteiger partial charge in [-0.25, -0.2) is 0 Å². The third-order valence-corrected chi connectivity index (χ3v) is 10.2. The zero-order valence-corrected chi connectivity index (χ0v) is 16.3. The Morgan fingerprint density at radius 1 is 0.550 bits per heavy atom. The van der Waals surface area contributed by atoms with E-state index in [0.29, 0.717) is 0 Å². The summed E-state index contributed by atoms with van der Waals surface area (Å²) < 4.78 is 0. The smallest absolute Gasteiger partial charge is 0.0159 e. The first kappa shape index (κ1) is 18.1. The average Bonchev–Trinajstić information content (AvgIpc) is 2.29. The van der Waals surface area contributed by atoms with Crippen LogP contribution in [0.15, 0.2) is 24.3 Å². The van der Waals surface area contributed by atoms with E-state index in [1.54, 1.807) is 10.6 Å².